The molecule has 2 aromatic rings. The number of H-pyrrole nitrogens is 1. The summed E-state index contributed by atoms with van der Waals surface area (Å²) in [6, 6.07) is 2.89. The summed E-state index contributed by atoms with van der Waals surface area (Å²) in [7, 11) is 1.50. The van der Waals surface area contributed by atoms with Crippen molar-refractivity contribution in [3.8, 4) is 5.88 Å². The summed E-state index contributed by atoms with van der Waals surface area (Å²) in [5.41, 5.74) is 0.701. The molecule has 11 nitrogen and oxygen atoms in total. The number of anilines is 1. The van der Waals surface area contributed by atoms with Gasteiger partial charge in [0.05, 0.1) is 12.3 Å². The molecule has 0 radical (unpaired) electrons. The Morgan fingerprint density at radius 2 is 2.15 bits per heavy atom. The van der Waals surface area contributed by atoms with Crippen LogP contribution in [0.25, 0.3) is 0 Å². The molecule has 33 heavy (non-hydrogen) atoms. The zero-order chi connectivity index (χ0) is 23.2. The van der Waals surface area contributed by atoms with Gasteiger partial charge in [0.2, 0.25) is 5.88 Å². The zero-order valence-electron chi connectivity index (χ0n) is 17.8. The van der Waals surface area contributed by atoms with Crippen LogP contribution in [0.4, 0.5) is 19.4 Å². The molecule has 3 saturated carbocycles. The van der Waals surface area contributed by atoms with Crippen molar-refractivity contribution in [2.45, 2.75) is 49.9 Å². The van der Waals surface area contributed by atoms with Crippen molar-refractivity contribution in [2.24, 2.45) is 13.0 Å². The van der Waals surface area contributed by atoms with Crippen LogP contribution in [0.2, 0.25) is 0 Å². The average molecular weight is 466 g/mol. The van der Waals surface area contributed by atoms with Crippen molar-refractivity contribution < 1.29 is 32.6 Å². The topological polar surface area (TPSA) is 132 Å². The highest BCUT2D eigenvalue weighted by Gasteiger charge is 2.57. The van der Waals surface area contributed by atoms with Gasteiger partial charge in [0, 0.05) is 31.1 Å². The Bertz CT molecular complexity index is 1040. The van der Waals surface area contributed by atoms with E-state index in [1.165, 1.54) is 17.8 Å². The van der Waals surface area contributed by atoms with Crippen LogP contribution in [0.1, 0.15) is 48.0 Å². The fourth-order valence-corrected chi connectivity index (χ4v) is 4.54. The standard InChI is InChI=1S/C20H24F2N6O5/c1-28-13(4-17(27-28)32-9-15(21)22)18(29)23-16-3-12(25-26-16)14-2-11(8-31-14)33-19(30)24-20-5-10(6-20)7-20/h3-4,10-11,14-15H,2,5-9H2,1H3,(H,24,30)(H2,23,25,26,29). The van der Waals surface area contributed by atoms with Crippen LogP contribution < -0.4 is 15.4 Å². The first-order chi connectivity index (χ1) is 15.8. The van der Waals surface area contributed by atoms with Gasteiger partial charge >= 0.3 is 6.09 Å². The van der Waals surface area contributed by atoms with Crippen LogP contribution in [-0.4, -0.2) is 63.3 Å². The van der Waals surface area contributed by atoms with Crippen molar-refractivity contribution in [2.75, 3.05) is 18.5 Å². The van der Waals surface area contributed by atoms with E-state index in [0.29, 0.717) is 12.1 Å². The molecule has 2 unspecified atom stereocenters. The van der Waals surface area contributed by atoms with E-state index in [2.05, 4.69) is 25.9 Å². The fourth-order valence-electron chi connectivity index (χ4n) is 4.54. The highest BCUT2D eigenvalue weighted by Crippen LogP contribution is 2.56. The zero-order valence-corrected chi connectivity index (χ0v) is 17.8. The first kappa shape index (κ1) is 21.6. The molecule has 13 heteroatoms. The molecule has 2 amide bonds. The number of hydrogen-bond acceptors (Lipinski definition) is 7. The molecule has 3 N–H and O–H groups in total. The lowest BCUT2D eigenvalue weighted by atomic mass is 9.50. The molecule has 6 rings (SSSR count). The average Bonchev–Trinajstić information content (AvgIpc) is 3.42. The largest absolute Gasteiger partial charge is 0.471 e. The van der Waals surface area contributed by atoms with Gasteiger partial charge in [-0.3, -0.25) is 14.6 Å². The molecule has 1 aliphatic heterocycles. The fraction of sp³-hybridized carbons (Fsp3) is 0.600. The molecular formula is C20H24F2N6O5. The van der Waals surface area contributed by atoms with Gasteiger partial charge in [-0.1, -0.05) is 0 Å². The summed E-state index contributed by atoms with van der Waals surface area (Å²) in [6.07, 6.45) is -0.200. The molecule has 0 aromatic carbocycles. The molecule has 2 atom stereocenters. The summed E-state index contributed by atoms with van der Waals surface area (Å²) >= 11 is 0. The van der Waals surface area contributed by atoms with Gasteiger partial charge in [-0.2, -0.15) is 5.10 Å². The minimum atomic E-state index is -2.64. The number of amides is 2. The maximum absolute atomic E-state index is 12.5. The molecular weight excluding hydrogens is 442 g/mol. The van der Waals surface area contributed by atoms with E-state index in [9.17, 15) is 18.4 Å². The minimum absolute atomic E-state index is 0.0409. The SMILES string of the molecule is Cn1nc(OCC(F)F)cc1C(=O)Nc1cc(C2CC(OC(=O)NC34CC(C3)C4)CO2)[nH]n1. The van der Waals surface area contributed by atoms with Gasteiger partial charge in [0.15, 0.2) is 12.4 Å². The highest BCUT2D eigenvalue weighted by molar-refractivity contribution is 6.02. The molecule has 3 heterocycles. The van der Waals surface area contributed by atoms with E-state index in [-0.39, 0.29) is 41.7 Å². The Balaban J connectivity index is 1.12. The van der Waals surface area contributed by atoms with E-state index in [1.54, 1.807) is 6.07 Å². The lowest BCUT2D eigenvalue weighted by Crippen LogP contribution is -2.68. The van der Waals surface area contributed by atoms with Crippen LogP contribution in [0.3, 0.4) is 0 Å². The van der Waals surface area contributed by atoms with Crippen LogP contribution in [-0.2, 0) is 16.5 Å². The minimum Gasteiger partial charge on any atom is -0.471 e. The summed E-state index contributed by atoms with van der Waals surface area (Å²) in [5, 5.41) is 16.3. The number of hydrogen-bond donors (Lipinski definition) is 3. The third kappa shape index (κ3) is 4.49. The Hall–Kier alpha value is -3.22. The molecule has 0 spiro atoms. The molecule has 4 fully saturated rings. The Kier molecular flexibility index (Phi) is 5.43. The number of rotatable bonds is 8. The van der Waals surface area contributed by atoms with Crippen molar-refractivity contribution in [3.63, 3.8) is 0 Å². The van der Waals surface area contributed by atoms with E-state index < -0.39 is 25.0 Å². The number of alkyl halides is 2. The predicted octanol–water partition coefficient (Wildman–Crippen LogP) is 2.15. The lowest BCUT2D eigenvalue weighted by Gasteiger charge is -2.61. The second kappa shape index (κ2) is 8.28. The second-order valence-corrected chi connectivity index (χ2v) is 8.82. The summed E-state index contributed by atoms with van der Waals surface area (Å²) in [6.45, 7) is -0.541. The first-order valence-electron chi connectivity index (χ1n) is 10.7. The van der Waals surface area contributed by atoms with E-state index in [1.807, 2.05) is 0 Å². The summed E-state index contributed by atoms with van der Waals surface area (Å²) in [5.74, 6) is 0.404. The van der Waals surface area contributed by atoms with Gasteiger partial charge in [-0.15, -0.1) is 5.10 Å². The van der Waals surface area contributed by atoms with Crippen LogP contribution in [0, 0.1) is 5.92 Å². The molecule has 2 bridgehead atoms. The molecule has 3 aliphatic carbocycles. The number of ether oxygens (including phenoxy) is 3. The van der Waals surface area contributed by atoms with Crippen molar-refractivity contribution in [1.29, 1.82) is 0 Å². The first-order valence-corrected chi connectivity index (χ1v) is 10.7. The second-order valence-electron chi connectivity index (χ2n) is 8.82. The number of carbonyl (C=O) groups excluding carboxylic acids is 2. The predicted molar refractivity (Wildman–Crippen MR) is 108 cm³/mol. The number of nitrogens with one attached hydrogen (secondary N) is 3. The summed E-state index contributed by atoms with van der Waals surface area (Å²) < 4.78 is 41.8. The Morgan fingerprint density at radius 1 is 1.36 bits per heavy atom. The van der Waals surface area contributed by atoms with Gasteiger partial charge in [-0.25, -0.2) is 13.6 Å². The molecule has 2 aromatic heterocycles. The quantitative estimate of drug-likeness (QED) is 0.543. The lowest BCUT2D eigenvalue weighted by molar-refractivity contribution is -0.0510. The van der Waals surface area contributed by atoms with Gasteiger partial charge in [-0.05, 0) is 25.2 Å². The van der Waals surface area contributed by atoms with E-state index >= 15 is 0 Å². The number of aromatic nitrogens is 4. The number of nitrogens with zero attached hydrogens (tertiary/aromatic N) is 3. The smallest absolute Gasteiger partial charge is 0.407 e. The third-order valence-corrected chi connectivity index (χ3v) is 6.27. The van der Waals surface area contributed by atoms with E-state index in [0.717, 1.165) is 25.2 Å². The van der Waals surface area contributed by atoms with Gasteiger partial charge in [0.25, 0.3) is 12.3 Å². The Morgan fingerprint density at radius 3 is 2.85 bits per heavy atom. The normalized spacial score (nSPS) is 27.6. The number of aromatic amines is 1. The monoisotopic (exact) mass is 466 g/mol. The summed E-state index contributed by atoms with van der Waals surface area (Å²) in [4.78, 5) is 24.6. The molecule has 178 valence electrons. The number of aryl methyl sites for hydroxylation is 1. The van der Waals surface area contributed by atoms with E-state index in [4.69, 9.17) is 14.2 Å². The van der Waals surface area contributed by atoms with Crippen LogP contribution in [0.15, 0.2) is 12.1 Å². The number of alkyl carbamates (subject to hydrolysis) is 1. The molecule has 4 aliphatic rings. The third-order valence-electron chi connectivity index (χ3n) is 6.27. The Labute approximate surface area is 187 Å². The van der Waals surface area contributed by atoms with Gasteiger partial charge in [0.1, 0.15) is 17.9 Å². The van der Waals surface area contributed by atoms with Gasteiger partial charge < -0.3 is 24.8 Å². The highest BCUT2D eigenvalue weighted by atomic mass is 19.3. The maximum Gasteiger partial charge on any atom is 0.407 e. The van der Waals surface area contributed by atoms with Crippen LogP contribution >= 0.6 is 0 Å². The van der Waals surface area contributed by atoms with Crippen molar-refractivity contribution in [3.05, 3.63) is 23.5 Å². The number of halogens is 2. The maximum atomic E-state index is 12.5. The number of carbonyl (C=O) groups is 2. The van der Waals surface area contributed by atoms with Crippen molar-refractivity contribution in [1.82, 2.24) is 25.3 Å². The van der Waals surface area contributed by atoms with Crippen LogP contribution in [0.5, 0.6) is 5.88 Å². The molecule has 1 saturated heterocycles. The van der Waals surface area contributed by atoms with Crippen molar-refractivity contribution >= 4 is 17.8 Å².